The van der Waals surface area contributed by atoms with Gasteiger partial charge in [-0.25, -0.2) is 0 Å². The van der Waals surface area contributed by atoms with Crippen LogP contribution in [0.2, 0.25) is 5.02 Å². The van der Waals surface area contributed by atoms with Gasteiger partial charge in [0.2, 0.25) is 12.4 Å². The first-order chi connectivity index (χ1) is 13.8. The second kappa shape index (κ2) is 8.69. The zero-order chi connectivity index (χ0) is 21.0. The van der Waals surface area contributed by atoms with E-state index in [-0.39, 0.29) is 11.6 Å². The topological polar surface area (TPSA) is 121 Å². The van der Waals surface area contributed by atoms with Crippen molar-refractivity contribution in [3.63, 3.8) is 0 Å². The van der Waals surface area contributed by atoms with Crippen LogP contribution in [0.3, 0.4) is 0 Å². The van der Waals surface area contributed by atoms with E-state index in [0.717, 1.165) is 19.4 Å². The maximum Gasteiger partial charge on any atom is 0.227 e. The Kier molecular flexibility index (Phi) is 6.26. The minimum absolute atomic E-state index is 0.0737. The van der Waals surface area contributed by atoms with Crippen LogP contribution in [-0.2, 0) is 11.3 Å². The van der Waals surface area contributed by atoms with Crippen molar-refractivity contribution in [2.45, 2.75) is 45.3 Å². The van der Waals surface area contributed by atoms with Gasteiger partial charge in [0.15, 0.2) is 11.6 Å². The molecule has 2 aromatic heterocycles. The lowest BCUT2D eigenvalue weighted by Gasteiger charge is -2.25. The van der Waals surface area contributed by atoms with Crippen molar-refractivity contribution in [2.24, 2.45) is 0 Å². The predicted octanol–water partition coefficient (Wildman–Crippen LogP) is 2.25. The van der Waals surface area contributed by atoms with Crippen molar-refractivity contribution in [1.29, 1.82) is 0 Å². The number of halogens is 1. The number of aromatic nitrogens is 3. The Hall–Kier alpha value is -2.81. The number of carbonyl (C=O) groups excluding carboxylic acids is 1. The number of amides is 1. The Bertz CT molecular complexity index is 870. The first-order valence-corrected chi connectivity index (χ1v) is 9.88. The molecule has 156 valence electrons. The Morgan fingerprint density at radius 2 is 2.17 bits per heavy atom. The standard InChI is InChI=1S/C19H27ClN8O/c1-19(2,3)27-18-25-16(23-9-14-13(20)5-4-7-22-14)15(21)17(26-18)28-8-6-12(10-28)24-11-29/h4-5,7,11-12H,6,8-10,21H2,1-3H3,(H,24,29)(H2,23,25,26,27). The van der Waals surface area contributed by atoms with E-state index in [2.05, 4.69) is 35.8 Å². The van der Waals surface area contributed by atoms with Crippen molar-refractivity contribution in [3.8, 4) is 0 Å². The number of hydrogen-bond acceptors (Lipinski definition) is 8. The lowest BCUT2D eigenvalue weighted by Crippen LogP contribution is -2.33. The van der Waals surface area contributed by atoms with Gasteiger partial charge in [0.05, 0.1) is 17.3 Å². The SMILES string of the molecule is CC(C)(C)Nc1nc(NCc2ncccc2Cl)c(N)c(N2CCC(NC=O)C2)n1. The van der Waals surface area contributed by atoms with Crippen LogP contribution >= 0.6 is 11.6 Å². The maximum atomic E-state index is 10.8. The molecular weight excluding hydrogens is 392 g/mol. The van der Waals surface area contributed by atoms with E-state index in [9.17, 15) is 4.79 Å². The van der Waals surface area contributed by atoms with Crippen LogP contribution in [0.1, 0.15) is 32.9 Å². The van der Waals surface area contributed by atoms with E-state index in [4.69, 9.17) is 17.3 Å². The number of nitrogens with one attached hydrogen (secondary N) is 3. The van der Waals surface area contributed by atoms with Crippen molar-refractivity contribution >= 4 is 41.3 Å². The molecule has 1 aliphatic heterocycles. The zero-order valence-electron chi connectivity index (χ0n) is 16.9. The molecule has 0 radical (unpaired) electrons. The Balaban J connectivity index is 1.89. The highest BCUT2D eigenvalue weighted by Crippen LogP contribution is 2.32. The van der Waals surface area contributed by atoms with E-state index < -0.39 is 0 Å². The Labute approximate surface area is 175 Å². The van der Waals surface area contributed by atoms with Crippen molar-refractivity contribution in [2.75, 3.05) is 34.4 Å². The minimum atomic E-state index is -0.221. The third-order valence-electron chi connectivity index (χ3n) is 4.46. The van der Waals surface area contributed by atoms with Gasteiger partial charge >= 0.3 is 0 Å². The van der Waals surface area contributed by atoms with Crippen LogP contribution in [0, 0.1) is 0 Å². The molecule has 29 heavy (non-hydrogen) atoms. The molecule has 10 heteroatoms. The molecule has 1 fully saturated rings. The zero-order valence-corrected chi connectivity index (χ0v) is 17.6. The summed E-state index contributed by atoms with van der Waals surface area (Å²) in [5.74, 6) is 1.62. The van der Waals surface area contributed by atoms with Crippen LogP contribution in [0.5, 0.6) is 0 Å². The first-order valence-electron chi connectivity index (χ1n) is 9.50. The van der Waals surface area contributed by atoms with Crippen LogP contribution in [0.4, 0.5) is 23.3 Å². The Morgan fingerprint density at radius 1 is 1.38 bits per heavy atom. The summed E-state index contributed by atoms with van der Waals surface area (Å²) in [6.07, 6.45) is 3.25. The van der Waals surface area contributed by atoms with E-state index in [0.29, 0.717) is 47.1 Å². The fraction of sp³-hybridized carbons (Fsp3) is 0.474. The number of nitrogens with zero attached hydrogens (tertiary/aromatic N) is 4. The molecule has 0 spiro atoms. The van der Waals surface area contributed by atoms with Gasteiger partial charge in [-0.1, -0.05) is 11.6 Å². The molecule has 0 aromatic carbocycles. The number of rotatable bonds is 7. The minimum Gasteiger partial charge on any atom is -0.393 e. The van der Waals surface area contributed by atoms with Gasteiger partial charge in [-0.05, 0) is 39.3 Å². The van der Waals surface area contributed by atoms with Gasteiger partial charge in [-0.2, -0.15) is 9.97 Å². The number of nitrogens with two attached hydrogens (primary N) is 1. The lowest BCUT2D eigenvalue weighted by atomic mass is 10.1. The fourth-order valence-corrected chi connectivity index (χ4v) is 3.31. The van der Waals surface area contributed by atoms with Crippen molar-refractivity contribution in [3.05, 3.63) is 29.0 Å². The molecule has 1 amide bonds. The third kappa shape index (κ3) is 5.38. The first kappa shape index (κ1) is 20.9. The van der Waals surface area contributed by atoms with E-state index in [1.54, 1.807) is 18.3 Å². The molecule has 3 rings (SSSR count). The molecule has 1 aliphatic rings. The Morgan fingerprint density at radius 3 is 2.86 bits per heavy atom. The van der Waals surface area contributed by atoms with Crippen LogP contribution in [0.15, 0.2) is 18.3 Å². The van der Waals surface area contributed by atoms with Crippen molar-refractivity contribution in [1.82, 2.24) is 20.3 Å². The molecule has 1 atom stereocenters. The second-order valence-electron chi connectivity index (χ2n) is 8.01. The average molecular weight is 419 g/mol. The fourth-order valence-electron chi connectivity index (χ4n) is 3.13. The molecule has 0 saturated carbocycles. The van der Waals surface area contributed by atoms with Gasteiger partial charge in [0, 0.05) is 30.9 Å². The summed E-state index contributed by atoms with van der Waals surface area (Å²) in [7, 11) is 0. The van der Waals surface area contributed by atoms with Crippen molar-refractivity contribution < 1.29 is 4.79 Å². The quantitative estimate of drug-likeness (QED) is 0.505. The molecule has 3 heterocycles. The molecule has 0 bridgehead atoms. The largest absolute Gasteiger partial charge is 0.393 e. The smallest absolute Gasteiger partial charge is 0.227 e. The summed E-state index contributed by atoms with van der Waals surface area (Å²) in [5, 5.41) is 9.93. The molecule has 0 aliphatic carbocycles. The van der Waals surface area contributed by atoms with Gasteiger partial charge in [-0.15, -0.1) is 0 Å². The highest BCUT2D eigenvalue weighted by Gasteiger charge is 2.27. The van der Waals surface area contributed by atoms with Crippen LogP contribution < -0.4 is 26.6 Å². The molecule has 1 saturated heterocycles. The maximum absolute atomic E-state index is 10.8. The lowest BCUT2D eigenvalue weighted by molar-refractivity contribution is -0.110. The summed E-state index contributed by atoms with van der Waals surface area (Å²) in [4.78, 5) is 26.3. The number of hydrogen-bond donors (Lipinski definition) is 4. The van der Waals surface area contributed by atoms with Crippen LogP contribution in [0.25, 0.3) is 0 Å². The molecule has 9 nitrogen and oxygen atoms in total. The number of carbonyl (C=O) groups is 1. The van der Waals surface area contributed by atoms with Crippen LogP contribution in [-0.4, -0.2) is 46.0 Å². The summed E-state index contributed by atoms with van der Waals surface area (Å²) in [6, 6.07) is 3.65. The predicted molar refractivity (Wildman–Crippen MR) is 116 cm³/mol. The summed E-state index contributed by atoms with van der Waals surface area (Å²) >= 11 is 6.21. The average Bonchev–Trinajstić information content (AvgIpc) is 3.10. The number of anilines is 4. The number of pyridine rings is 1. The van der Waals surface area contributed by atoms with Gasteiger partial charge < -0.3 is 26.6 Å². The van der Waals surface area contributed by atoms with E-state index in [1.165, 1.54) is 0 Å². The van der Waals surface area contributed by atoms with Gasteiger partial charge in [0.25, 0.3) is 0 Å². The van der Waals surface area contributed by atoms with Gasteiger partial charge in [-0.3, -0.25) is 9.78 Å². The third-order valence-corrected chi connectivity index (χ3v) is 4.81. The van der Waals surface area contributed by atoms with E-state index in [1.807, 2.05) is 20.8 Å². The second-order valence-corrected chi connectivity index (χ2v) is 8.42. The normalized spacial score (nSPS) is 16.6. The monoisotopic (exact) mass is 418 g/mol. The summed E-state index contributed by atoms with van der Waals surface area (Å²) < 4.78 is 0. The highest BCUT2D eigenvalue weighted by atomic mass is 35.5. The molecule has 5 N–H and O–H groups in total. The van der Waals surface area contributed by atoms with Gasteiger partial charge in [0.1, 0.15) is 5.69 Å². The summed E-state index contributed by atoms with van der Waals surface area (Å²) in [6.45, 7) is 7.87. The highest BCUT2D eigenvalue weighted by molar-refractivity contribution is 6.31. The summed E-state index contributed by atoms with van der Waals surface area (Å²) in [5.41, 5.74) is 7.35. The number of nitrogen functional groups attached to an aromatic ring is 1. The van der Waals surface area contributed by atoms with E-state index >= 15 is 0 Å². The molecule has 1 unspecified atom stereocenters. The molecular formula is C19H27ClN8O. The molecule has 2 aromatic rings.